The van der Waals surface area contributed by atoms with Gasteiger partial charge in [-0.25, -0.2) is 9.97 Å². The third kappa shape index (κ3) is 7.35. The fourth-order valence-electron chi connectivity index (χ4n) is 9.82. The van der Waals surface area contributed by atoms with Crippen molar-refractivity contribution in [3.8, 4) is 28.3 Å². The first kappa shape index (κ1) is 43.6. The molecule has 0 saturated carbocycles. The van der Waals surface area contributed by atoms with Gasteiger partial charge < -0.3 is 9.97 Å². The fourth-order valence-corrected chi connectivity index (χ4v) is 9.82. The second kappa shape index (κ2) is 18.9. The van der Waals surface area contributed by atoms with Crippen LogP contribution in [0.25, 0.3) is 66.6 Å². The third-order valence-corrected chi connectivity index (χ3v) is 12.5. The molecule has 59 heavy (non-hydrogen) atoms. The molecule has 8 bridgehead atoms. The molecule has 0 atom stereocenters. The van der Waals surface area contributed by atoms with Crippen molar-refractivity contribution in [2.24, 2.45) is 0 Å². The molecule has 0 radical (unpaired) electrons. The van der Waals surface area contributed by atoms with Gasteiger partial charge in [-0.05, 0) is 114 Å². The SMILES string of the molecule is CCCCc1c2nc(c(-c3ccccc3)c3[n-]c(c(C#N)c4nc(c(-c5ccccc5)c5[n-]c1c(CC)c5CC)C(CC)=C4CC)c(CC)c3CC)C(CC)=C2CC.[Ni+2]. The monoisotopic (exact) mass is 823 g/mol. The Morgan fingerprint density at radius 1 is 0.458 bits per heavy atom. The van der Waals surface area contributed by atoms with Crippen LogP contribution in [-0.2, 0) is 48.6 Å². The van der Waals surface area contributed by atoms with Crippen LogP contribution in [0.4, 0.5) is 0 Å². The molecule has 6 heteroatoms. The zero-order valence-electron chi connectivity index (χ0n) is 36.6. The summed E-state index contributed by atoms with van der Waals surface area (Å²) in [6, 6.07) is 24.1. The number of benzene rings is 2. The molecule has 0 saturated heterocycles. The van der Waals surface area contributed by atoms with Crippen LogP contribution in [0.15, 0.2) is 60.7 Å². The Morgan fingerprint density at radius 3 is 1.27 bits per heavy atom. The van der Waals surface area contributed by atoms with Gasteiger partial charge in [0.2, 0.25) is 0 Å². The molecule has 0 aliphatic carbocycles. The molecule has 2 aliphatic heterocycles. The van der Waals surface area contributed by atoms with Crippen LogP contribution in [0.1, 0.15) is 157 Å². The molecule has 0 amide bonds. The molecule has 0 fully saturated rings. The quantitative estimate of drug-likeness (QED) is 0.111. The Labute approximate surface area is 362 Å². The van der Waals surface area contributed by atoms with Gasteiger partial charge in [-0.2, -0.15) is 5.26 Å². The molecule has 2 aliphatic rings. The number of nitrogens with zero attached hydrogens (tertiary/aromatic N) is 5. The van der Waals surface area contributed by atoms with E-state index in [1.165, 1.54) is 39.0 Å². The van der Waals surface area contributed by atoms with Crippen LogP contribution in [0.3, 0.4) is 0 Å². The second-order valence-electron chi connectivity index (χ2n) is 15.4. The molecule has 5 aromatic rings. The Bertz CT molecular complexity index is 2590. The van der Waals surface area contributed by atoms with E-state index in [9.17, 15) is 5.26 Å². The van der Waals surface area contributed by atoms with Crippen LogP contribution in [-0.4, -0.2) is 9.97 Å². The van der Waals surface area contributed by atoms with Crippen molar-refractivity contribution in [1.29, 1.82) is 5.26 Å². The molecule has 0 unspecified atom stereocenters. The number of aromatic nitrogens is 4. The molecule has 3 aromatic heterocycles. The number of aryl methyl sites for hydroxylation is 5. The van der Waals surface area contributed by atoms with Crippen LogP contribution in [0.2, 0.25) is 0 Å². The Morgan fingerprint density at radius 2 is 0.847 bits per heavy atom. The predicted octanol–water partition coefficient (Wildman–Crippen LogP) is 13.8. The number of rotatable bonds is 13. The maximum atomic E-state index is 11.3. The number of fused-ring (bicyclic) bond motifs is 8. The standard InChI is InChI=1S/C53H59N5.Ni/c1-10-19-30-42-46-34(11-2)38(15-6)50(55-46)44(32-26-22-20-23-27-32)52-40(17-8)36(13-4)48(57-52)43(31-54)49-37(14-5)41(18-9)53(58-49)45(33-28-24-21-25-29-33)51-39(16-7)35(12-3)47(42)56-51;/h20-29H,10-19,30H2,1-9H3;/q-2;+2. The molecule has 0 spiro atoms. The van der Waals surface area contributed by atoms with E-state index in [4.69, 9.17) is 19.9 Å². The van der Waals surface area contributed by atoms with Gasteiger partial charge in [0.15, 0.2) is 0 Å². The summed E-state index contributed by atoms with van der Waals surface area (Å²) < 4.78 is 0. The number of unbranched alkanes of at least 4 members (excludes halogenated alkanes) is 1. The maximum Gasteiger partial charge on any atom is 2.00 e. The van der Waals surface area contributed by atoms with Gasteiger partial charge in [-0.3, -0.25) is 0 Å². The number of nitriles is 1. The predicted molar refractivity (Wildman–Crippen MR) is 245 cm³/mol. The van der Waals surface area contributed by atoms with E-state index in [0.29, 0.717) is 5.56 Å². The van der Waals surface area contributed by atoms with Crippen molar-refractivity contribution >= 4 is 44.4 Å². The first-order valence-corrected chi connectivity index (χ1v) is 22.1. The smallest absolute Gasteiger partial charge is 0.657 e. The van der Waals surface area contributed by atoms with Crippen molar-refractivity contribution in [2.45, 2.75) is 133 Å². The summed E-state index contributed by atoms with van der Waals surface area (Å²) in [5.74, 6) is 0. The normalized spacial score (nSPS) is 12.6. The van der Waals surface area contributed by atoms with Crippen LogP contribution < -0.4 is 9.97 Å². The first-order valence-electron chi connectivity index (χ1n) is 22.1. The van der Waals surface area contributed by atoms with Gasteiger partial charge in [-0.15, -0.1) is 22.1 Å². The van der Waals surface area contributed by atoms with E-state index >= 15 is 0 Å². The third-order valence-electron chi connectivity index (χ3n) is 12.5. The van der Waals surface area contributed by atoms with Gasteiger partial charge >= 0.3 is 16.5 Å². The summed E-state index contributed by atoms with van der Waals surface area (Å²) >= 11 is 0. The number of hydrogen-bond acceptors (Lipinski definition) is 3. The minimum atomic E-state index is 0. The van der Waals surface area contributed by atoms with Gasteiger partial charge in [0, 0.05) is 0 Å². The second-order valence-corrected chi connectivity index (χ2v) is 15.4. The largest absolute Gasteiger partial charge is 2.00 e. The summed E-state index contributed by atoms with van der Waals surface area (Å²) in [7, 11) is 0. The first-order chi connectivity index (χ1) is 28.4. The van der Waals surface area contributed by atoms with E-state index in [1.807, 2.05) is 0 Å². The summed E-state index contributed by atoms with van der Waals surface area (Å²) in [6.07, 6.45) is 9.54. The Balaban J connectivity index is 0.00000585. The van der Waals surface area contributed by atoms with Crippen molar-refractivity contribution in [2.75, 3.05) is 0 Å². The maximum absolute atomic E-state index is 11.3. The van der Waals surface area contributed by atoms with E-state index in [-0.39, 0.29) is 16.5 Å². The van der Waals surface area contributed by atoms with Gasteiger partial charge in [-0.1, -0.05) is 152 Å². The molecular weight excluding hydrogens is 765 g/mol. The van der Waals surface area contributed by atoms with E-state index < -0.39 is 0 Å². The minimum Gasteiger partial charge on any atom is -0.657 e. The van der Waals surface area contributed by atoms with Crippen molar-refractivity contribution in [3.63, 3.8) is 0 Å². The fraction of sp³-hybridized carbons (Fsp3) is 0.377. The Hall–Kier alpha value is -4.98. The van der Waals surface area contributed by atoms with Crippen LogP contribution in [0, 0.1) is 11.3 Å². The zero-order chi connectivity index (χ0) is 41.1. The van der Waals surface area contributed by atoms with E-state index in [1.54, 1.807) is 0 Å². The molecule has 0 N–H and O–H groups in total. The molecule has 5 nitrogen and oxygen atoms in total. The molecule has 5 heterocycles. The number of allylic oxidation sites excluding steroid dienone is 4. The number of hydrogen-bond donors (Lipinski definition) is 0. The zero-order valence-corrected chi connectivity index (χ0v) is 37.6. The average molecular weight is 825 g/mol. The topological polar surface area (TPSA) is 77.8 Å². The van der Waals surface area contributed by atoms with E-state index in [2.05, 4.69) is 129 Å². The molecule has 7 rings (SSSR count). The molecule has 2 aromatic carbocycles. The van der Waals surface area contributed by atoms with Gasteiger partial charge in [0.1, 0.15) is 6.07 Å². The average Bonchev–Trinajstić information content (AvgIpc) is 4.02. The minimum absolute atomic E-state index is 0. The van der Waals surface area contributed by atoms with Crippen LogP contribution >= 0.6 is 0 Å². The Kier molecular flexibility index (Phi) is 14.0. The summed E-state index contributed by atoms with van der Waals surface area (Å²) in [6.45, 7) is 20.2. The summed E-state index contributed by atoms with van der Waals surface area (Å²) in [5.41, 5.74) is 23.5. The van der Waals surface area contributed by atoms with Crippen molar-refractivity contribution in [3.05, 3.63) is 117 Å². The van der Waals surface area contributed by atoms with Gasteiger partial charge in [0.25, 0.3) is 0 Å². The summed E-state index contributed by atoms with van der Waals surface area (Å²) in [5, 5.41) is 11.3. The van der Waals surface area contributed by atoms with Crippen molar-refractivity contribution in [1.82, 2.24) is 19.9 Å². The van der Waals surface area contributed by atoms with Gasteiger partial charge in [0.05, 0.1) is 28.3 Å². The molecule has 306 valence electrons. The van der Waals surface area contributed by atoms with E-state index in [0.717, 1.165) is 149 Å². The molecular formula is C53H59N5Ni. The van der Waals surface area contributed by atoms with Crippen molar-refractivity contribution < 1.29 is 16.5 Å². The summed E-state index contributed by atoms with van der Waals surface area (Å²) in [4.78, 5) is 22.9. The van der Waals surface area contributed by atoms with Crippen LogP contribution in [0.5, 0.6) is 0 Å².